The van der Waals surface area contributed by atoms with Crippen LogP contribution in [0.2, 0.25) is 0 Å². The van der Waals surface area contributed by atoms with Gasteiger partial charge in [0.05, 0.1) is 4.90 Å². The van der Waals surface area contributed by atoms with Crippen molar-refractivity contribution in [2.75, 3.05) is 10.7 Å². The summed E-state index contributed by atoms with van der Waals surface area (Å²) in [5.41, 5.74) is 3.13. The van der Waals surface area contributed by atoms with Crippen molar-refractivity contribution in [1.29, 1.82) is 0 Å². The minimum absolute atomic E-state index is 0.0287. The van der Waals surface area contributed by atoms with Gasteiger partial charge >= 0.3 is 0 Å². The SMILES string of the molecule is NNc1cc(C(=O)Nc2ccc(S(N)(=O)=O)cc2)ccn1. The van der Waals surface area contributed by atoms with Gasteiger partial charge in [0, 0.05) is 17.4 Å². The van der Waals surface area contributed by atoms with E-state index in [2.05, 4.69) is 15.7 Å². The van der Waals surface area contributed by atoms with Gasteiger partial charge < -0.3 is 10.7 Å². The molecule has 1 heterocycles. The Hall–Kier alpha value is -2.49. The number of hydrogen-bond acceptors (Lipinski definition) is 6. The molecule has 2 rings (SSSR count). The number of nitrogens with one attached hydrogen (secondary N) is 2. The highest BCUT2D eigenvalue weighted by Gasteiger charge is 2.09. The van der Waals surface area contributed by atoms with Crippen molar-refractivity contribution < 1.29 is 13.2 Å². The number of primary sulfonamides is 1. The number of amides is 1. The molecule has 0 saturated carbocycles. The highest BCUT2D eigenvalue weighted by molar-refractivity contribution is 7.89. The molecule has 6 N–H and O–H groups in total. The fourth-order valence-electron chi connectivity index (χ4n) is 1.58. The molecule has 0 aliphatic carbocycles. The zero-order valence-corrected chi connectivity index (χ0v) is 11.6. The molecule has 0 aliphatic rings. The first kappa shape index (κ1) is 14.9. The lowest BCUT2D eigenvalue weighted by Gasteiger charge is -2.07. The lowest BCUT2D eigenvalue weighted by molar-refractivity contribution is 0.102. The summed E-state index contributed by atoms with van der Waals surface area (Å²) in [5, 5.41) is 7.61. The zero-order valence-electron chi connectivity index (χ0n) is 10.8. The number of anilines is 2. The molecule has 0 atom stereocenters. The number of carbonyl (C=O) groups excluding carboxylic acids is 1. The van der Waals surface area contributed by atoms with Crippen LogP contribution in [0.3, 0.4) is 0 Å². The van der Waals surface area contributed by atoms with Crippen LogP contribution in [-0.2, 0) is 10.0 Å². The summed E-state index contributed by atoms with van der Waals surface area (Å²) in [4.78, 5) is 15.9. The normalized spacial score (nSPS) is 11.0. The first-order chi connectivity index (χ1) is 9.90. The monoisotopic (exact) mass is 307 g/mol. The summed E-state index contributed by atoms with van der Waals surface area (Å²) in [5.74, 6) is 5.19. The molecule has 0 bridgehead atoms. The van der Waals surface area contributed by atoms with Gasteiger partial charge in [-0.15, -0.1) is 0 Å². The average Bonchev–Trinajstić information content (AvgIpc) is 2.47. The van der Waals surface area contributed by atoms with E-state index in [0.717, 1.165) is 0 Å². The molecule has 9 heteroatoms. The first-order valence-electron chi connectivity index (χ1n) is 5.77. The van der Waals surface area contributed by atoms with Crippen molar-refractivity contribution in [3.05, 3.63) is 48.2 Å². The molecule has 8 nitrogen and oxygen atoms in total. The van der Waals surface area contributed by atoms with Gasteiger partial charge in [-0.25, -0.2) is 24.4 Å². The van der Waals surface area contributed by atoms with Crippen molar-refractivity contribution in [3.63, 3.8) is 0 Å². The molecule has 0 unspecified atom stereocenters. The van der Waals surface area contributed by atoms with Gasteiger partial charge in [0.1, 0.15) is 5.82 Å². The maximum absolute atomic E-state index is 12.0. The molecule has 0 spiro atoms. The van der Waals surface area contributed by atoms with Crippen LogP contribution in [0.5, 0.6) is 0 Å². The number of aromatic nitrogens is 1. The standard InChI is InChI=1S/C12H13N5O3S/c13-17-11-7-8(5-6-15-11)12(18)16-9-1-3-10(4-2-9)21(14,19)20/h1-7H,13H2,(H,15,17)(H,16,18)(H2,14,19,20). The van der Waals surface area contributed by atoms with E-state index >= 15 is 0 Å². The maximum atomic E-state index is 12.0. The Morgan fingerprint density at radius 2 is 1.81 bits per heavy atom. The molecule has 110 valence electrons. The Labute approximate surface area is 121 Å². The number of carbonyl (C=O) groups is 1. The summed E-state index contributed by atoms with van der Waals surface area (Å²) in [6.45, 7) is 0. The molecule has 1 aromatic heterocycles. The summed E-state index contributed by atoms with van der Waals surface area (Å²) in [6, 6.07) is 8.51. The van der Waals surface area contributed by atoms with E-state index in [-0.39, 0.29) is 10.8 Å². The third-order valence-corrected chi connectivity index (χ3v) is 3.54. The van der Waals surface area contributed by atoms with E-state index in [1.54, 1.807) is 0 Å². The molecular weight excluding hydrogens is 294 g/mol. The van der Waals surface area contributed by atoms with E-state index in [1.807, 2.05) is 0 Å². The second-order valence-electron chi connectivity index (χ2n) is 4.10. The lowest BCUT2D eigenvalue weighted by Crippen LogP contribution is -2.15. The van der Waals surface area contributed by atoms with Crippen LogP contribution in [-0.4, -0.2) is 19.3 Å². The number of benzene rings is 1. The highest BCUT2D eigenvalue weighted by atomic mass is 32.2. The summed E-state index contributed by atoms with van der Waals surface area (Å²) in [6.07, 6.45) is 1.44. The Balaban J connectivity index is 2.16. The van der Waals surface area contributed by atoms with Crippen LogP contribution in [0.15, 0.2) is 47.5 Å². The third-order valence-electron chi connectivity index (χ3n) is 2.61. The number of rotatable bonds is 4. The summed E-state index contributed by atoms with van der Waals surface area (Å²) in [7, 11) is -3.75. The quantitative estimate of drug-likeness (QED) is 0.472. The van der Waals surface area contributed by atoms with Crippen molar-refractivity contribution in [2.24, 2.45) is 11.0 Å². The fraction of sp³-hybridized carbons (Fsp3) is 0. The van der Waals surface area contributed by atoms with Gasteiger partial charge in [-0.1, -0.05) is 0 Å². The number of nitrogen functional groups attached to an aromatic ring is 1. The van der Waals surface area contributed by atoms with Gasteiger partial charge in [0.25, 0.3) is 5.91 Å². The van der Waals surface area contributed by atoms with Crippen molar-refractivity contribution in [3.8, 4) is 0 Å². The molecule has 0 aliphatic heterocycles. The molecular formula is C12H13N5O3S. The largest absolute Gasteiger partial charge is 0.322 e. The Morgan fingerprint density at radius 3 is 2.38 bits per heavy atom. The van der Waals surface area contributed by atoms with Crippen molar-refractivity contribution in [1.82, 2.24) is 4.98 Å². The maximum Gasteiger partial charge on any atom is 0.255 e. The van der Waals surface area contributed by atoms with Gasteiger partial charge in [0.15, 0.2) is 0 Å². The lowest BCUT2D eigenvalue weighted by atomic mass is 10.2. The van der Waals surface area contributed by atoms with Crippen LogP contribution in [0.25, 0.3) is 0 Å². The number of pyridine rings is 1. The predicted octanol–water partition coefficient (Wildman–Crippen LogP) is 0.267. The second kappa shape index (κ2) is 5.87. The van der Waals surface area contributed by atoms with E-state index in [9.17, 15) is 13.2 Å². The predicted molar refractivity (Wildman–Crippen MR) is 77.8 cm³/mol. The zero-order chi connectivity index (χ0) is 15.5. The third kappa shape index (κ3) is 3.75. The van der Waals surface area contributed by atoms with E-state index in [4.69, 9.17) is 11.0 Å². The second-order valence-corrected chi connectivity index (χ2v) is 5.66. The number of nitrogens with two attached hydrogens (primary N) is 2. The first-order valence-corrected chi connectivity index (χ1v) is 7.31. The highest BCUT2D eigenvalue weighted by Crippen LogP contribution is 2.14. The van der Waals surface area contributed by atoms with Crippen molar-refractivity contribution in [2.45, 2.75) is 4.90 Å². The van der Waals surface area contributed by atoms with Crippen LogP contribution in [0, 0.1) is 0 Å². The van der Waals surface area contributed by atoms with E-state index < -0.39 is 10.0 Å². The molecule has 0 saturated heterocycles. The van der Waals surface area contributed by atoms with Crippen LogP contribution < -0.4 is 21.7 Å². The van der Waals surface area contributed by atoms with Gasteiger partial charge in [-0.2, -0.15) is 0 Å². The average molecular weight is 307 g/mol. The molecule has 0 radical (unpaired) electrons. The Kier molecular flexibility index (Phi) is 4.17. The van der Waals surface area contributed by atoms with Gasteiger partial charge in [-0.3, -0.25) is 4.79 Å². The van der Waals surface area contributed by atoms with E-state index in [1.165, 1.54) is 42.6 Å². The minimum Gasteiger partial charge on any atom is -0.322 e. The number of hydrazine groups is 1. The Morgan fingerprint density at radius 1 is 1.14 bits per heavy atom. The van der Waals surface area contributed by atoms with Crippen LogP contribution in [0.4, 0.5) is 11.5 Å². The van der Waals surface area contributed by atoms with Gasteiger partial charge in [0.2, 0.25) is 10.0 Å². The Bertz CT molecular complexity index is 759. The molecule has 0 fully saturated rings. The summed E-state index contributed by atoms with van der Waals surface area (Å²) >= 11 is 0. The molecule has 2 aromatic rings. The molecule has 1 amide bonds. The topological polar surface area (TPSA) is 140 Å². The summed E-state index contributed by atoms with van der Waals surface area (Å²) < 4.78 is 22.2. The van der Waals surface area contributed by atoms with Gasteiger partial charge in [-0.05, 0) is 36.4 Å². The molecule has 21 heavy (non-hydrogen) atoms. The number of sulfonamides is 1. The fourth-order valence-corrected chi connectivity index (χ4v) is 2.10. The van der Waals surface area contributed by atoms with E-state index in [0.29, 0.717) is 17.1 Å². The number of nitrogens with zero attached hydrogens (tertiary/aromatic N) is 1. The van der Waals surface area contributed by atoms with Crippen molar-refractivity contribution >= 4 is 27.4 Å². The minimum atomic E-state index is -3.75. The number of hydrogen-bond donors (Lipinski definition) is 4. The molecule has 1 aromatic carbocycles. The van der Waals surface area contributed by atoms with Crippen LogP contribution >= 0.6 is 0 Å². The van der Waals surface area contributed by atoms with Crippen LogP contribution in [0.1, 0.15) is 10.4 Å². The smallest absolute Gasteiger partial charge is 0.255 e.